The Balaban J connectivity index is 2.44. The van der Waals surface area contributed by atoms with Crippen LogP contribution < -0.4 is 5.32 Å². The number of halogens is 1. The molecular formula is C13H18ClN. The Hall–Kier alpha value is -0.530. The van der Waals surface area contributed by atoms with E-state index in [1.807, 2.05) is 13.1 Å². The smallest absolute Gasteiger partial charge is 0.0408 e. The highest BCUT2D eigenvalue weighted by atomic mass is 35.5. The van der Waals surface area contributed by atoms with Gasteiger partial charge in [0.15, 0.2) is 0 Å². The van der Waals surface area contributed by atoms with E-state index in [1.165, 1.54) is 17.5 Å². The maximum Gasteiger partial charge on any atom is 0.0408 e. The lowest BCUT2D eigenvalue weighted by Gasteiger charge is -2.37. The molecule has 1 aromatic carbocycles. The first-order valence-electron chi connectivity index (χ1n) is 5.47. The molecule has 1 atom stereocenters. The van der Waals surface area contributed by atoms with Gasteiger partial charge in [0, 0.05) is 11.1 Å². The fraction of sp³-hybridized carbons (Fsp3) is 0.538. The van der Waals surface area contributed by atoms with Crippen LogP contribution in [0.4, 0.5) is 0 Å². The van der Waals surface area contributed by atoms with Gasteiger partial charge < -0.3 is 5.32 Å². The Morgan fingerprint density at radius 3 is 2.80 bits per heavy atom. The zero-order valence-electron chi connectivity index (χ0n) is 9.60. The molecule has 82 valence electrons. The van der Waals surface area contributed by atoms with Crippen molar-refractivity contribution in [2.45, 2.75) is 32.7 Å². The molecule has 0 saturated heterocycles. The number of hydrogen-bond donors (Lipinski definition) is 1. The lowest BCUT2D eigenvalue weighted by atomic mass is 9.72. The molecule has 0 fully saturated rings. The van der Waals surface area contributed by atoms with Crippen LogP contribution in [-0.4, -0.2) is 7.05 Å². The molecule has 1 nitrogen and oxygen atoms in total. The molecule has 0 radical (unpaired) electrons. The van der Waals surface area contributed by atoms with Gasteiger partial charge in [-0.15, -0.1) is 0 Å². The van der Waals surface area contributed by atoms with E-state index in [-0.39, 0.29) is 0 Å². The molecule has 1 unspecified atom stereocenters. The molecule has 0 aliphatic heterocycles. The standard InChI is InChI=1S/C13H18ClN/c1-13(2)7-9-6-10(14)4-5-11(9)12(8-13)15-3/h4-6,12,15H,7-8H2,1-3H3. The quantitative estimate of drug-likeness (QED) is 0.768. The molecule has 0 amide bonds. The van der Waals surface area contributed by atoms with E-state index in [2.05, 4.69) is 31.3 Å². The maximum absolute atomic E-state index is 6.04. The molecule has 1 aliphatic carbocycles. The third kappa shape index (κ3) is 2.19. The summed E-state index contributed by atoms with van der Waals surface area (Å²) in [6.45, 7) is 4.64. The normalized spacial score (nSPS) is 23.6. The predicted molar refractivity (Wildman–Crippen MR) is 65.4 cm³/mol. The summed E-state index contributed by atoms with van der Waals surface area (Å²) in [6.07, 6.45) is 2.32. The van der Waals surface area contributed by atoms with Gasteiger partial charge in [-0.1, -0.05) is 31.5 Å². The molecule has 1 aromatic rings. The minimum Gasteiger partial charge on any atom is -0.313 e. The van der Waals surface area contributed by atoms with E-state index < -0.39 is 0 Å². The van der Waals surface area contributed by atoms with Gasteiger partial charge in [0.1, 0.15) is 0 Å². The molecule has 0 heterocycles. The van der Waals surface area contributed by atoms with Gasteiger partial charge in [0.25, 0.3) is 0 Å². The molecule has 15 heavy (non-hydrogen) atoms. The number of nitrogens with one attached hydrogen (secondary N) is 1. The second kappa shape index (κ2) is 3.80. The average Bonchev–Trinajstić information content (AvgIpc) is 2.14. The highest BCUT2D eigenvalue weighted by Gasteiger charge is 2.31. The van der Waals surface area contributed by atoms with Crippen molar-refractivity contribution in [3.05, 3.63) is 34.3 Å². The van der Waals surface area contributed by atoms with Gasteiger partial charge in [-0.05, 0) is 48.6 Å². The van der Waals surface area contributed by atoms with Gasteiger partial charge in [-0.3, -0.25) is 0 Å². The summed E-state index contributed by atoms with van der Waals surface area (Å²) in [5, 5.41) is 4.24. The number of fused-ring (bicyclic) bond motifs is 1. The van der Waals surface area contributed by atoms with Crippen LogP contribution in [0, 0.1) is 5.41 Å². The molecule has 2 heteroatoms. The summed E-state index contributed by atoms with van der Waals surface area (Å²) >= 11 is 6.04. The third-order valence-electron chi connectivity index (χ3n) is 3.25. The van der Waals surface area contributed by atoms with Crippen molar-refractivity contribution in [1.82, 2.24) is 5.32 Å². The topological polar surface area (TPSA) is 12.0 Å². The number of rotatable bonds is 1. The lowest BCUT2D eigenvalue weighted by molar-refractivity contribution is 0.265. The van der Waals surface area contributed by atoms with Crippen molar-refractivity contribution >= 4 is 11.6 Å². The first kappa shape index (κ1) is 11.0. The monoisotopic (exact) mass is 223 g/mol. The van der Waals surface area contributed by atoms with Gasteiger partial charge in [0.05, 0.1) is 0 Å². The summed E-state index contributed by atoms with van der Waals surface area (Å²) in [4.78, 5) is 0. The Morgan fingerprint density at radius 1 is 1.40 bits per heavy atom. The van der Waals surface area contributed by atoms with E-state index in [4.69, 9.17) is 11.6 Å². The minimum absolute atomic E-state index is 0.366. The Bertz CT molecular complexity index is 371. The van der Waals surface area contributed by atoms with Crippen LogP contribution in [0.25, 0.3) is 0 Å². The molecule has 0 spiro atoms. The molecule has 0 saturated carbocycles. The highest BCUT2D eigenvalue weighted by molar-refractivity contribution is 6.30. The van der Waals surface area contributed by atoms with Crippen LogP contribution in [0.15, 0.2) is 18.2 Å². The van der Waals surface area contributed by atoms with E-state index >= 15 is 0 Å². The molecular weight excluding hydrogens is 206 g/mol. The number of benzene rings is 1. The fourth-order valence-electron chi connectivity index (χ4n) is 2.58. The van der Waals surface area contributed by atoms with E-state index in [0.29, 0.717) is 11.5 Å². The summed E-state index contributed by atoms with van der Waals surface area (Å²) in [6, 6.07) is 6.74. The average molecular weight is 224 g/mol. The zero-order chi connectivity index (χ0) is 11.1. The first-order chi connectivity index (χ1) is 7.02. The molecule has 1 aliphatic rings. The Morgan fingerprint density at radius 2 is 2.13 bits per heavy atom. The van der Waals surface area contributed by atoms with Crippen LogP contribution in [0.1, 0.15) is 37.4 Å². The van der Waals surface area contributed by atoms with Crippen molar-refractivity contribution in [1.29, 1.82) is 0 Å². The number of hydrogen-bond acceptors (Lipinski definition) is 1. The SMILES string of the molecule is CNC1CC(C)(C)Cc2cc(Cl)ccc21. The van der Waals surface area contributed by atoms with Crippen LogP contribution in [0.2, 0.25) is 5.02 Å². The van der Waals surface area contributed by atoms with Crippen molar-refractivity contribution in [2.75, 3.05) is 7.05 Å². The summed E-state index contributed by atoms with van der Waals surface area (Å²) in [5.74, 6) is 0. The zero-order valence-corrected chi connectivity index (χ0v) is 10.4. The second-order valence-electron chi connectivity index (χ2n) is 5.23. The fourth-order valence-corrected chi connectivity index (χ4v) is 2.77. The van der Waals surface area contributed by atoms with Crippen LogP contribution in [-0.2, 0) is 6.42 Å². The minimum atomic E-state index is 0.366. The van der Waals surface area contributed by atoms with E-state index in [0.717, 1.165) is 11.4 Å². The molecule has 0 aromatic heterocycles. The summed E-state index contributed by atoms with van der Waals surface area (Å²) < 4.78 is 0. The maximum atomic E-state index is 6.04. The second-order valence-corrected chi connectivity index (χ2v) is 5.67. The van der Waals surface area contributed by atoms with E-state index in [1.54, 1.807) is 0 Å². The molecule has 2 rings (SSSR count). The first-order valence-corrected chi connectivity index (χ1v) is 5.85. The highest BCUT2D eigenvalue weighted by Crippen LogP contribution is 2.41. The van der Waals surface area contributed by atoms with Crippen LogP contribution in [0.3, 0.4) is 0 Å². The van der Waals surface area contributed by atoms with Crippen molar-refractivity contribution < 1.29 is 0 Å². The van der Waals surface area contributed by atoms with Gasteiger partial charge in [0.2, 0.25) is 0 Å². The summed E-state index contributed by atoms with van der Waals surface area (Å²) in [7, 11) is 2.03. The van der Waals surface area contributed by atoms with E-state index in [9.17, 15) is 0 Å². The molecule has 0 bridgehead atoms. The van der Waals surface area contributed by atoms with Gasteiger partial charge >= 0.3 is 0 Å². The lowest BCUT2D eigenvalue weighted by Crippen LogP contribution is -2.31. The third-order valence-corrected chi connectivity index (χ3v) is 3.49. The predicted octanol–water partition coefficient (Wildman–Crippen LogP) is 3.57. The summed E-state index contributed by atoms with van der Waals surface area (Å²) in [5.41, 5.74) is 3.19. The Labute approximate surface area is 96.8 Å². The van der Waals surface area contributed by atoms with Crippen molar-refractivity contribution in [2.24, 2.45) is 5.41 Å². The van der Waals surface area contributed by atoms with Crippen LogP contribution >= 0.6 is 11.6 Å². The van der Waals surface area contributed by atoms with Gasteiger partial charge in [-0.2, -0.15) is 0 Å². The van der Waals surface area contributed by atoms with Crippen molar-refractivity contribution in [3.63, 3.8) is 0 Å². The van der Waals surface area contributed by atoms with Crippen LogP contribution in [0.5, 0.6) is 0 Å². The van der Waals surface area contributed by atoms with Gasteiger partial charge in [-0.25, -0.2) is 0 Å². The largest absolute Gasteiger partial charge is 0.313 e. The Kier molecular flexibility index (Phi) is 2.78. The van der Waals surface area contributed by atoms with Crippen molar-refractivity contribution in [3.8, 4) is 0 Å². The molecule has 1 N–H and O–H groups in total.